The highest BCUT2D eigenvalue weighted by Crippen LogP contribution is 2.17. The van der Waals surface area contributed by atoms with E-state index in [1.54, 1.807) is 7.11 Å². The lowest BCUT2D eigenvalue weighted by Crippen LogP contribution is -2.18. The van der Waals surface area contributed by atoms with Crippen LogP contribution in [0.25, 0.3) is 0 Å². The van der Waals surface area contributed by atoms with E-state index < -0.39 is 0 Å². The summed E-state index contributed by atoms with van der Waals surface area (Å²) in [7, 11) is 1.67. The Morgan fingerprint density at radius 3 is 2.64 bits per heavy atom. The fraction of sp³-hybridized carbons (Fsp3) is 0.562. The molecule has 1 rings (SSSR count). The summed E-state index contributed by atoms with van der Waals surface area (Å²) in [6.07, 6.45) is 1.84. The van der Waals surface area contributed by atoms with Crippen molar-refractivity contribution in [1.29, 1.82) is 0 Å². The van der Waals surface area contributed by atoms with Gasteiger partial charge in [-0.15, -0.1) is 0 Å². The minimum absolute atomic E-state index is 0.110. The molecule has 6 heteroatoms. The van der Waals surface area contributed by atoms with E-state index in [0.29, 0.717) is 33.0 Å². The minimum atomic E-state index is 0.110. The summed E-state index contributed by atoms with van der Waals surface area (Å²) in [5, 5.41) is 4.24. The molecule has 0 spiro atoms. The van der Waals surface area contributed by atoms with Crippen LogP contribution in [0.4, 0.5) is 0 Å². The van der Waals surface area contributed by atoms with E-state index in [1.165, 1.54) is 0 Å². The zero-order valence-corrected chi connectivity index (χ0v) is 14.6. The predicted octanol–water partition coefficient (Wildman–Crippen LogP) is 2.57. The first-order valence-electron chi connectivity index (χ1n) is 7.45. The Morgan fingerprint density at radius 1 is 1.18 bits per heavy atom. The minimum Gasteiger partial charge on any atom is -0.394 e. The first kappa shape index (κ1) is 19.1. The molecule has 1 aromatic carbocycles. The van der Waals surface area contributed by atoms with E-state index in [4.69, 9.17) is 20.0 Å². The van der Waals surface area contributed by atoms with Crippen LogP contribution in [0.2, 0.25) is 0 Å². The number of hydrogen-bond acceptors (Lipinski definition) is 5. The van der Waals surface area contributed by atoms with Crippen LogP contribution in [0.3, 0.4) is 0 Å². The Balaban J connectivity index is 2.50. The first-order valence-corrected chi connectivity index (χ1v) is 8.37. The number of alkyl halides is 1. The molecule has 0 saturated carbocycles. The van der Waals surface area contributed by atoms with Crippen molar-refractivity contribution < 1.29 is 14.3 Å². The molecule has 0 saturated heterocycles. The Hall–Kier alpha value is -0.950. The summed E-state index contributed by atoms with van der Waals surface area (Å²) in [5.74, 6) is 0. The van der Waals surface area contributed by atoms with Crippen LogP contribution in [0.15, 0.2) is 35.5 Å². The van der Waals surface area contributed by atoms with Crippen LogP contribution in [0, 0.1) is 0 Å². The number of nitrogens with zero attached hydrogens (tertiary/aromatic N) is 1. The molecule has 0 aliphatic carbocycles. The molecule has 0 heterocycles. The molecular weight excluding hydrogens is 348 g/mol. The molecule has 1 unspecified atom stereocenters. The first-order chi connectivity index (χ1) is 10.8. The van der Waals surface area contributed by atoms with E-state index in [9.17, 15) is 0 Å². The molecule has 0 bridgehead atoms. The summed E-state index contributed by atoms with van der Waals surface area (Å²) in [4.78, 5) is 5.38. The largest absolute Gasteiger partial charge is 0.394 e. The number of nitrogens with two attached hydrogens (primary N) is 1. The Bertz CT molecular complexity index is 415. The second kappa shape index (κ2) is 12.6. The second-order valence-corrected chi connectivity index (χ2v) is 5.78. The fourth-order valence-electron chi connectivity index (χ4n) is 1.81. The number of halogens is 1. The van der Waals surface area contributed by atoms with Crippen molar-refractivity contribution in [2.75, 3.05) is 40.1 Å². The van der Waals surface area contributed by atoms with Crippen LogP contribution in [0.5, 0.6) is 0 Å². The Kier molecular flexibility index (Phi) is 10.9. The molecule has 22 heavy (non-hydrogen) atoms. The molecule has 124 valence electrons. The van der Waals surface area contributed by atoms with E-state index in [2.05, 4.69) is 21.1 Å². The van der Waals surface area contributed by atoms with Crippen molar-refractivity contribution in [1.82, 2.24) is 0 Å². The van der Waals surface area contributed by atoms with Gasteiger partial charge in [0, 0.05) is 25.8 Å². The average Bonchev–Trinajstić information content (AvgIpc) is 2.55. The molecule has 0 aliphatic rings. The number of methoxy groups -OCH3 is 1. The van der Waals surface area contributed by atoms with Gasteiger partial charge in [-0.2, -0.15) is 0 Å². The monoisotopic (exact) mass is 372 g/mol. The lowest BCUT2D eigenvalue weighted by atomic mass is 10.0. The summed E-state index contributed by atoms with van der Waals surface area (Å²) >= 11 is 3.69. The Labute approximate surface area is 140 Å². The van der Waals surface area contributed by atoms with Gasteiger partial charge in [-0.05, 0) is 12.8 Å². The molecule has 0 amide bonds. The van der Waals surface area contributed by atoms with Crippen LogP contribution in [-0.2, 0) is 14.3 Å². The number of hydrogen-bond donors (Lipinski definition) is 1. The van der Waals surface area contributed by atoms with Gasteiger partial charge >= 0.3 is 0 Å². The third-order valence-electron chi connectivity index (χ3n) is 2.92. The van der Waals surface area contributed by atoms with Gasteiger partial charge in [-0.1, -0.05) is 51.4 Å². The van der Waals surface area contributed by atoms with Crippen LogP contribution < -0.4 is 5.73 Å². The van der Waals surface area contributed by atoms with Gasteiger partial charge < -0.3 is 20.0 Å². The number of rotatable bonds is 12. The van der Waals surface area contributed by atoms with Crippen LogP contribution in [0.1, 0.15) is 18.4 Å². The van der Waals surface area contributed by atoms with Gasteiger partial charge in [0.2, 0.25) is 0 Å². The second-order valence-electron chi connectivity index (χ2n) is 4.68. The van der Waals surface area contributed by atoms with Gasteiger partial charge in [0.25, 0.3) is 0 Å². The molecule has 1 aromatic rings. The predicted molar refractivity (Wildman–Crippen MR) is 92.6 cm³/mol. The lowest BCUT2D eigenvalue weighted by molar-refractivity contribution is 0.0691. The standard InChI is InChI=1S/C16H25BrN2O3/c1-20-12-13-21-10-5-8-15(17)16(19-22-11-9-18)14-6-3-2-4-7-14/h2-4,6-7,15H,5,8-13,18H2,1H3. The van der Waals surface area contributed by atoms with Crippen molar-refractivity contribution in [3.8, 4) is 0 Å². The van der Waals surface area contributed by atoms with Gasteiger partial charge in [0.05, 0.1) is 18.0 Å². The maximum Gasteiger partial charge on any atom is 0.129 e. The molecule has 5 nitrogen and oxygen atoms in total. The van der Waals surface area contributed by atoms with Crippen molar-refractivity contribution in [2.45, 2.75) is 17.7 Å². The SMILES string of the molecule is COCCOCCCC(Br)C(=NOCCN)c1ccccc1. The van der Waals surface area contributed by atoms with E-state index in [1.807, 2.05) is 30.3 Å². The zero-order valence-electron chi connectivity index (χ0n) is 13.0. The molecule has 0 aromatic heterocycles. The average molecular weight is 373 g/mol. The van der Waals surface area contributed by atoms with Gasteiger partial charge in [0.15, 0.2) is 0 Å². The summed E-state index contributed by atoms with van der Waals surface area (Å²) < 4.78 is 10.4. The maximum atomic E-state index is 5.47. The van der Waals surface area contributed by atoms with E-state index >= 15 is 0 Å². The van der Waals surface area contributed by atoms with E-state index in [-0.39, 0.29) is 4.83 Å². The smallest absolute Gasteiger partial charge is 0.129 e. The molecule has 1 atom stereocenters. The highest BCUT2D eigenvalue weighted by atomic mass is 79.9. The summed E-state index contributed by atoms with van der Waals surface area (Å²) in [6, 6.07) is 10.00. The highest BCUT2D eigenvalue weighted by Gasteiger charge is 2.15. The van der Waals surface area contributed by atoms with Gasteiger partial charge in [0.1, 0.15) is 12.3 Å². The topological polar surface area (TPSA) is 66.1 Å². The number of oxime groups is 1. The molecular formula is C16H25BrN2O3. The van der Waals surface area contributed by atoms with Crippen molar-refractivity contribution in [2.24, 2.45) is 10.9 Å². The normalized spacial score (nSPS) is 13.1. The molecule has 0 aliphatic heterocycles. The molecule has 2 N–H and O–H groups in total. The zero-order chi connectivity index (χ0) is 16.0. The Morgan fingerprint density at radius 2 is 1.95 bits per heavy atom. The van der Waals surface area contributed by atoms with Gasteiger partial charge in [-0.3, -0.25) is 0 Å². The van der Waals surface area contributed by atoms with Crippen molar-refractivity contribution in [3.05, 3.63) is 35.9 Å². The fourth-order valence-corrected chi connectivity index (χ4v) is 2.48. The van der Waals surface area contributed by atoms with Crippen LogP contribution >= 0.6 is 15.9 Å². The number of ether oxygens (including phenoxy) is 2. The lowest BCUT2D eigenvalue weighted by Gasteiger charge is -2.13. The molecule has 0 fully saturated rings. The van der Waals surface area contributed by atoms with Gasteiger partial charge in [-0.25, -0.2) is 0 Å². The third kappa shape index (κ3) is 7.89. The third-order valence-corrected chi connectivity index (χ3v) is 3.81. The maximum absolute atomic E-state index is 5.47. The summed E-state index contributed by atoms with van der Waals surface area (Å²) in [5.41, 5.74) is 7.36. The van der Waals surface area contributed by atoms with Crippen LogP contribution in [-0.4, -0.2) is 50.6 Å². The highest BCUT2D eigenvalue weighted by molar-refractivity contribution is 9.10. The quantitative estimate of drug-likeness (QED) is 0.265. The summed E-state index contributed by atoms with van der Waals surface area (Å²) in [6.45, 7) is 2.82. The van der Waals surface area contributed by atoms with Crippen molar-refractivity contribution >= 4 is 21.6 Å². The number of benzene rings is 1. The van der Waals surface area contributed by atoms with E-state index in [0.717, 1.165) is 24.1 Å². The molecule has 0 radical (unpaired) electrons. The van der Waals surface area contributed by atoms with Crippen molar-refractivity contribution in [3.63, 3.8) is 0 Å².